The smallest absolute Gasteiger partial charge is 0.241 e. The summed E-state index contributed by atoms with van der Waals surface area (Å²) in [6.07, 6.45) is -0.185. The second kappa shape index (κ2) is 9.50. The van der Waals surface area contributed by atoms with Crippen LogP contribution >= 0.6 is 11.6 Å². The van der Waals surface area contributed by atoms with E-state index >= 15 is 0 Å². The molecule has 7 nitrogen and oxygen atoms in total. The molecule has 0 heterocycles. The van der Waals surface area contributed by atoms with Gasteiger partial charge in [-0.05, 0) is 36.2 Å². The summed E-state index contributed by atoms with van der Waals surface area (Å²) in [4.78, 5) is 23.5. The number of rotatable bonds is 9. The lowest BCUT2D eigenvalue weighted by Crippen LogP contribution is -2.46. The van der Waals surface area contributed by atoms with E-state index in [-0.39, 0.29) is 24.3 Å². The number of benzene rings is 2. The summed E-state index contributed by atoms with van der Waals surface area (Å²) < 4.78 is 27.4. The first-order valence-corrected chi connectivity index (χ1v) is 10.0. The maximum atomic E-state index is 12.5. The topological polar surface area (TPSA) is 118 Å². The molecule has 0 aromatic heterocycles. The first-order valence-electron chi connectivity index (χ1n) is 8.16. The van der Waals surface area contributed by atoms with Gasteiger partial charge in [0.15, 0.2) is 0 Å². The van der Waals surface area contributed by atoms with Gasteiger partial charge in [-0.25, -0.2) is 8.42 Å². The third-order valence-corrected chi connectivity index (χ3v) is 5.47. The van der Waals surface area contributed by atoms with Crippen LogP contribution < -0.4 is 15.8 Å². The van der Waals surface area contributed by atoms with Crippen LogP contribution in [0.2, 0.25) is 5.02 Å². The molecule has 0 aliphatic rings. The van der Waals surface area contributed by atoms with Gasteiger partial charge in [0, 0.05) is 18.0 Å². The Bertz CT molecular complexity index is 887. The van der Waals surface area contributed by atoms with Crippen LogP contribution in [0.1, 0.15) is 18.4 Å². The number of nitrogens with two attached hydrogens (primary N) is 1. The van der Waals surface area contributed by atoms with Crippen LogP contribution in [0.25, 0.3) is 0 Å². The summed E-state index contributed by atoms with van der Waals surface area (Å²) in [6.45, 7) is 0.232. The van der Waals surface area contributed by atoms with E-state index in [1.807, 2.05) is 30.3 Å². The number of hydrogen-bond donors (Lipinski definition) is 3. The number of sulfonamides is 1. The van der Waals surface area contributed by atoms with Crippen LogP contribution in [-0.2, 0) is 26.2 Å². The Morgan fingerprint density at radius 1 is 1.04 bits per heavy atom. The fourth-order valence-electron chi connectivity index (χ4n) is 2.31. The molecular formula is C18H20ClN3O4S. The molecule has 4 N–H and O–H groups in total. The van der Waals surface area contributed by atoms with Crippen molar-refractivity contribution in [3.8, 4) is 0 Å². The van der Waals surface area contributed by atoms with Crippen molar-refractivity contribution in [1.82, 2.24) is 10.0 Å². The zero-order valence-electron chi connectivity index (χ0n) is 14.4. The quantitative estimate of drug-likeness (QED) is 0.582. The predicted molar refractivity (Wildman–Crippen MR) is 102 cm³/mol. The minimum Gasteiger partial charge on any atom is -0.370 e. The molecule has 0 fully saturated rings. The highest BCUT2D eigenvalue weighted by atomic mass is 35.5. The van der Waals surface area contributed by atoms with Crippen LogP contribution in [0.5, 0.6) is 0 Å². The molecule has 9 heteroatoms. The van der Waals surface area contributed by atoms with E-state index in [0.29, 0.717) is 5.02 Å². The Kier molecular flexibility index (Phi) is 7.35. The van der Waals surface area contributed by atoms with Crippen molar-refractivity contribution in [3.63, 3.8) is 0 Å². The van der Waals surface area contributed by atoms with Crippen LogP contribution in [0.4, 0.5) is 0 Å². The van der Waals surface area contributed by atoms with E-state index in [1.54, 1.807) is 0 Å². The molecule has 0 radical (unpaired) electrons. The van der Waals surface area contributed by atoms with Gasteiger partial charge in [-0.2, -0.15) is 4.72 Å². The zero-order valence-corrected chi connectivity index (χ0v) is 16.0. The highest BCUT2D eigenvalue weighted by Crippen LogP contribution is 2.15. The maximum absolute atomic E-state index is 12.5. The predicted octanol–water partition coefficient (Wildman–Crippen LogP) is 1.57. The lowest BCUT2D eigenvalue weighted by molar-refractivity contribution is -0.123. The van der Waals surface area contributed by atoms with Gasteiger partial charge in [0.05, 0.1) is 4.90 Å². The molecule has 0 bridgehead atoms. The highest BCUT2D eigenvalue weighted by molar-refractivity contribution is 7.89. The summed E-state index contributed by atoms with van der Waals surface area (Å²) in [6, 6.07) is 13.6. The van der Waals surface area contributed by atoms with Crippen molar-refractivity contribution in [2.24, 2.45) is 5.73 Å². The van der Waals surface area contributed by atoms with Gasteiger partial charge in [-0.3, -0.25) is 9.59 Å². The fraction of sp³-hybridized carbons (Fsp3) is 0.222. The Morgan fingerprint density at radius 3 is 2.26 bits per heavy atom. The number of halogens is 1. The van der Waals surface area contributed by atoms with E-state index in [1.165, 1.54) is 24.3 Å². The lowest BCUT2D eigenvalue weighted by atomic mass is 10.1. The van der Waals surface area contributed by atoms with Gasteiger partial charge in [0.25, 0.3) is 0 Å². The lowest BCUT2D eigenvalue weighted by Gasteiger charge is -2.18. The van der Waals surface area contributed by atoms with Crippen molar-refractivity contribution < 1.29 is 18.0 Å². The molecule has 2 aromatic rings. The molecular weight excluding hydrogens is 390 g/mol. The van der Waals surface area contributed by atoms with Crippen molar-refractivity contribution >= 4 is 33.4 Å². The van der Waals surface area contributed by atoms with Crippen molar-refractivity contribution in [1.29, 1.82) is 0 Å². The molecule has 0 saturated carbocycles. The molecule has 0 unspecified atom stereocenters. The number of amides is 2. The maximum Gasteiger partial charge on any atom is 0.241 e. The average molecular weight is 410 g/mol. The molecule has 0 spiro atoms. The Labute approximate surface area is 163 Å². The molecule has 27 heavy (non-hydrogen) atoms. The average Bonchev–Trinajstić information content (AvgIpc) is 2.64. The molecule has 0 aliphatic heterocycles. The van der Waals surface area contributed by atoms with Crippen molar-refractivity contribution in [3.05, 3.63) is 65.2 Å². The molecule has 0 saturated heterocycles. The Hall–Kier alpha value is -2.42. The Balaban J connectivity index is 2.11. The van der Waals surface area contributed by atoms with Gasteiger partial charge in [0.1, 0.15) is 6.04 Å². The first kappa shape index (κ1) is 20.9. The number of carbonyl (C=O) groups is 2. The largest absolute Gasteiger partial charge is 0.370 e. The van der Waals surface area contributed by atoms with Crippen LogP contribution in [0, 0.1) is 0 Å². The summed E-state index contributed by atoms with van der Waals surface area (Å²) >= 11 is 5.77. The van der Waals surface area contributed by atoms with E-state index in [0.717, 1.165) is 5.56 Å². The standard InChI is InChI=1S/C18H20ClN3O4S/c19-14-6-8-15(9-7-14)27(25,26)22-16(10-11-17(20)23)18(24)21-12-13-4-2-1-3-5-13/h1-9,16,22H,10-12H2,(H2,20,23)(H,21,24)/t16-/m0/s1. The molecule has 1 atom stereocenters. The van der Waals surface area contributed by atoms with E-state index in [4.69, 9.17) is 17.3 Å². The second-order valence-corrected chi connectivity index (χ2v) is 7.99. The molecule has 2 rings (SSSR count). The van der Waals surface area contributed by atoms with Crippen molar-refractivity contribution in [2.75, 3.05) is 0 Å². The normalized spacial score (nSPS) is 12.3. The molecule has 0 aliphatic carbocycles. The van der Waals surface area contributed by atoms with Gasteiger partial charge in [-0.15, -0.1) is 0 Å². The third-order valence-electron chi connectivity index (χ3n) is 3.73. The number of nitrogens with one attached hydrogen (secondary N) is 2. The number of hydrogen-bond acceptors (Lipinski definition) is 4. The van der Waals surface area contributed by atoms with E-state index in [2.05, 4.69) is 10.0 Å². The van der Waals surface area contributed by atoms with Crippen LogP contribution in [0.3, 0.4) is 0 Å². The second-order valence-electron chi connectivity index (χ2n) is 5.84. The van der Waals surface area contributed by atoms with Gasteiger partial charge >= 0.3 is 0 Å². The summed E-state index contributed by atoms with van der Waals surface area (Å²) in [7, 11) is -3.97. The summed E-state index contributed by atoms with van der Waals surface area (Å²) in [5, 5.41) is 3.06. The number of primary amides is 1. The number of carbonyl (C=O) groups excluding carboxylic acids is 2. The van der Waals surface area contributed by atoms with E-state index < -0.39 is 27.9 Å². The monoisotopic (exact) mass is 409 g/mol. The SMILES string of the molecule is NC(=O)CC[C@H](NS(=O)(=O)c1ccc(Cl)cc1)C(=O)NCc1ccccc1. The van der Waals surface area contributed by atoms with E-state index in [9.17, 15) is 18.0 Å². The minimum absolute atomic E-state index is 0.0353. The van der Waals surface area contributed by atoms with Crippen molar-refractivity contribution in [2.45, 2.75) is 30.3 Å². The minimum atomic E-state index is -3.97. The summed E-state index contributed by atoms with van der Waals surface area (Å²) in [5.74, 6) is -1.17. The molecule has 144 valence electrons. The van der Waals surface area contributed by atoms with Gasteiger partial charge in [-0.1, -0.05) is 41.9 Å². The Morgan fingerprint density at radius 2 is 1.67 bits per heavy atom. The van der Waals surface area contributed by atoms with Gasteiger partial charge in [0.2, 0.25) is 21.8 Å². The van der Waals surface area contributed by atoms with Crippen LogP contribution in [-0.4, -0.2) is 26.3 Å². The first-order chi connectivity index (χ1) is 12.8. The molecule has 2 amide bonds. The fourth-order valence-corrected chi connectivity index (χ4v) is 3.66. The van der Waals surface area contributed by atoms with Gasteiger partial charge < -0.3 is 11.1 Å². The highest BCUT2D eigenvalue weighted by Gasteiger charge is 2.26. The third kappa shape index (κ3) is 6.67. The van der Waals surface area contributed by atoms with Crippen LogP contribution in [0.15, 0.2) is 59.5 Å². The molecule has 2 aromatic carbocycles. The zero-order chi connectivity index (χ0) is 19.9. The summed E-state index contributed by atoms with van der Waals surface area (Å²) in [5.41, 5.74) is 6.00.